The zero-order valence-electron chi connectivity index (χ0n) is 15.3. The second kappa shape index (κ2) is 7.61. The minimum atomic E-state index is -0.279. The van der Waals surface area contributed by atoms with Crippen LogP contribution in [0.3, 0.4) is 0 Å². The Bertz CT molecular complexity index is 967. The van der Waals surface area contributed by atoms with Gasteiger partial charge in [0.25, 0.3) is 5.91 Å². The summed E-state index contributed by atoms with van der Waals surface area (Å²) in [7, 11) is 1.58. The van der Waals surface area contributed by atoms with E-state index in [4.69, 9.17) is 9.72 Å². The van der Waals surface area contributed by atoms with E-state index in [-0.39, 0.29) is 5.91 Å². The number of carbonyl (C=O) groups excluding carboxylic acids is 1. The van der Waals surface area contributed by atoms with Crippen molar-refractivity contribution in [3.63, 3.8) is 0 Å². The summed E-state index contributed by atoms with van der Waals surface area (Å²) in [5, 5.41) is 2.93. The molecule has 6 heteroatoms. The number of nitrogens with zero attached hydrogens (tertiary/aromatic N) is 3. The van der Waals surface area contributed by atoms with Crippen LogP contribution in [0, 0.1) is 0 Å². The van der Waals surface area contributed by atoms with E-state index in [1.54, 1.807) is 7.11 Å². The monoisotopic (exact) mass is 362 g/mol. The maximum atomic E-state index is 13.1. The SMILES string of the molecule is COc1ccccc1NC(=O)c1nc2ccccc2nc1N1CCCCC1. The van der Waals surface area contributed by atoms with Gasteiger partial charge in [-0.1, -0.05) is 24.3 Å². The highest BCUT2D eigenvalue weighted by Crippen LogP contribution is 2.27. The van der Waals surface area contributed by atoms with Gasteiger partial charge in [-0.25, -0.2) is 9.97 Å². The van der Waals surface area contributed by atoms with Crippen molar-refractivity contribution in [2.24, 2.45) is 0 Å². The van der Waals surface area contributed by atoms with Gasteiger partial charge >= 0.3 is 0 Å². The van der Waals surface area contributed by atoms with Gasteiger partial charge in [-0.2, -0.15) is 0 Å². The summed E-state index contributed by atoms with van der Waals surface area (Å²) in [5.74, 6) is 0.984. The Labute approximate surface area is 158 Å². The molecule has 0 unspecified atom stereocenters. The number of amides is 1. The van der Waals surface area contributed by atoms with Crippen LogP contribution in [-0.4, -0.2) is 36.1 Å². The van der Waals surface area contributed by atoms with Crippen LogP contribution >= 0.6 is 0 Å². The number of methoxy groups -OCH3 is 1. The van der Waals surface area contributed by atoms with E-state index in [9.17, 15) is 4.79 Å². The van der Waals surface area contributed by atoms with Crippen molar-refractivity contribution >= 4 is 28.4 Å². The minimum absolute atomic E-state index is 0.279. The van der Waals surface area contributed by atoms with Crippen LogP contribution in [0.1, 0.15) is 29.8 Å². The van der Waals surface area contributed by atoms with Crippen molar-refractivity contribution in [2.75, 3.05) is 30.4 Å². The molecule has 3 aromatic rings. The Balaban J connectivity index is 1.75. The Morgan fingerprint density at radius 3 is 2.37 bits per heavy atom. The van der Waals surface area contributed by atoms with Gasteiger partial charge in [-0.15, -0.1) is 0 Å². The standard InChI is InChI=1S/C21H22N4O2/c1-27-18-12-6-5-11-17(18)24-21(26)19-20(25-13-7-2-8-14-25)23-16-10-4-3-9-15(16)22-19/h3-6,9-12H,2,7-8,13-14H2,1H3,(H,24,26). The van der Waals surface area contributed by atoms with Gasteiger partial charge in [0.05, 0.1) is 23.8 Å². The van der Waals surface area contributed by atoms with Gasteiger partial charge < -0.3 is 15.0 Å². The predicted molar refractivity (Wildman–Crippen MR) is 107 cm³/mol. The smallest absolute Gasteiger partial charge is 0.278 e. The maximum Gasteiger partial charge on any atom is 0.278 e. The number of nitrogens with one attached hydrogen (secondary N) is 1. The molecule has 1 amide bonds. The normalized spacial score (nSPS) is 14.2. The largest absolute Gasteiger partial charge is 0.495 e. The molecule has 6 nitrogen and oxygen atoms in total. The molecule has 27 heavy (non-hydrogen) atoms. The quantitative estimate of drug-likeness (QED) is 0.763. The molecule has 0 radical (unpaired) electrons. The molecule has 0 bridgehead atoms. The fourth-order valence-electron chi connectivity index (χ4n) is 3.40. The predicted octanol–water partition coefficient (Wildman–Crippen LogP) is 3.88. The van der Waals surface area contributed by atoms with Gasteiger partial charge in [0.1, 0.15) is 5.75 Å². The lowest BCUT2D eigenvalue weighted by molar-refractivity contribution is 0.102. The molecular weight excluding hydrogens is 340 g/mol. The number of benzene rings is 2. The Morgan fingerprint density at radius 1 is 0.963 bits per heavy atom. The molecule has 0 saturated carbocycles. The molecule has 138 valence electrons. The molecule has 1 aliphatic heterocycles. The lowest BCUT2D eigenvalue weighted by Crippen LogP contribution is -2.33. The minimum Gasteiger partial charge on any atom is -0.495 e. The first-order chi connectivity index (χ1) is 13.3. The Kier molecular flexibility index (Phi) is 4.87. The highest BCUT2D eigenvalue weighted by molar-refractivity contribution is 6.07. The zero-order valence-corrected chi connectivity index (χ0v) is 15.3. The summed E-state index contributed by atoms with van der Waals surface area (Å²) < 4.78 is 5.34. The second-order valence-electron chi connectivity index (χ2n) is 6.59. The third-order valence-electron chi connectivity index (χ3n) is 4.78. The zero-order chi connectivity index (χ0) is 18.6. The molecular formula is C21H22N4O2. The van der Waals surface area contributed by atoms with Crippen LogP contribution in [0.15, 0.2) is 48.5 Å². The average molecular weight is 362 g/mol. The summed E-state index contributed by atoms with van der Waals surface area (Å²) >= 11 is 0. The van der Waals surface area contributed by atoms with Crippen molar-refractivity contribution in [3.05, 3.63) is 54.2 Å². The first-order valence-electron chi connectivity index (χ1n) is 9.22. The van der Waals surface area contributed by atoms with Crippen molar-refractivity contribution in [2.45, 2.75) is 19.3 Å². The fourth-order valence-corrected chi connectivity index (χ4v) is 3.40. The molecule has 2 aromatic carbocycles. The van der Waals surface area contributed by atoms with E-state index in [1.165, 1.54) is 6.42 Å². The fraction of sp³-hybridized carbons (Fsp3) is 0.286. The third-order valence-corrected chi connectivity index (χ3v) is 4.78. The Hall–Kier alpha value is -3.15. The first-order valence-corrected chi connectivity index (χ1v) is 9.22. The molecule has 0 atom stereocenters. The molecule has 0 aliphatic carbocycles. The lowest BCUT2D eigenvalue weighted by Gasteiger charge is -2.29. The molecule has 4 rings (SSSR count). The number of anilines is 2. The van der Waals surface area contributed by atoms with Gasteiger partial charge in [0, 0.05) is 13.1 Å². The first kappa shape index (κ1) is 17.3. The van der Waals surface area contributed by atoms with Gasteiger partial charge in [-0.05, 0) is 43.5 Å². The van der Waals surface area contributed by atoms with Gasteiger partial charge in [-0.3, -0.25) is 4.79 Å². The maximum absolute atomic E-state index is 13.1. The van der Waals surface area contributed by atoms with Gasteiger partial charge in [0.2, 0.25) is 0 Å². The van der Waals surface area contributed by atoms with E-state index in [0.717, 1.165) is 31.4 Å². The molecule has 0 spiro atoms. The van der Waals surface area contributed by atoms with E-state index >= 15 is 0 Å². The highest BCUT2D eigenvalue weighted by Gasteiger charge is 2.23. The topological polar surface area (TPSA) is 67.3 Å². The number of fused-ring (bicyclic) bond motifs is 1. The summed E-state index contributed by atoms with van der Waals surface area (Å²) in [6.07, 6.45) is 3.41. The molecule has 1 saturated heterocycles. The number of aromatic nitrogens is 2. The number of ether oxygens (including phenoxy) is 1. The van der Waals surface area contributed by atoms with Gasteiger partial charge in [0.15, 0.2) is 11.5 Å². The van der Waals surface area contributed by atoms with Crippen LogP contribution in [-0.2, 0) is 0 Å². The summed E-state index contributed by atoms with van der Waals surface area (Å²) in [6, 6.07) is 15.0. The average Bonchev–Trinajstić information content (AvgIpc) is 2.73. The van der Waals surface area contributed by atoms with Crippen molar-refractivity contribution in [1.82, 2.24) is 9.97 Å². The van der Waals surface area contributed by atoms with Crippen LogP contribution in [0.5, 0.6) is 5.75 Å². The van der Waals surface area contributed by atoms with Crippen molar-refractivity contribution in [3.8, 4) is 5.75 Å². The number of para-hydroxylation sites is 4. The number of carbonyl (C=O) groups is 1. The molecule has 1 aromatic heterocycles. The summed E-state index contributed by atoms with van der Waals surface area (Å²) in [6.45, 7) is 1.78. The van der Waals surface area contributed by atoms with E-state index < -0.39 is 0 Å². The van der Waals surface area contributed by atoms with E-state index in [1.807, 2.05) is 48.5 Å². The third kappa shape index (κ3) is 3.56. The summed E-state index contributed by atoms with van der Waals surface area (Å²) in [5.41, 5.74) is 2.47. The van der Waals surface area contributed by atoms with Crippen molar-refractivity contribution in [1.29, 1.82) is 0 Å². The van der Waals surface area contributed by atoms with E-state index in [2.05, 4.69) is 15.2 Å². The Morgan fingerprint density at radius 2 is 1.63 bits per heavy atom. The lowest BCUT2D eigenvalue weighted by atomic mass is 10.1. The van der Waals surface area contributed by atoms with Crippen molar-refractivity contribution < 1.29 is 9.53 Å². The second-order valence-corrected chi connectivity index (χ2v) is 6.59. The number of hydrogen-bond donors (Lipinski definition) is 1. The molecule has 2 heterocycles. The molecule has 1 N–H and O–H groups in total. The van der Waals surface area contributed by atoms with E-state index in [0.29, 0.717) is 28.5 Å². The van der Waals surface area contributed by atoms with Crippen LogP contribution < -0.4 is 15.0 Å². The number of hydrogen-bond acceptors (Lipinski definition) is 5. The number of rotatable bonds is 4. The van der Waals surface area contributed by atoms with Crippen LogP contribution in [0.4, 0.5) is 11.5 Å². The summed E-state index contributed by atoms with van der Waals surface area (Å²) in [4.78, 5) is 24.7. The molecule has 1 aliphatic rings. The van der Waals surface area contributed by atoms with Crippen LogP contribution in [0.25, 0.3) is 11.0 Å². The highest BCUT2D eigenvalue weighted by atomic mass is 16.5. The molecule has 1 fully saturated rings. The number of piperidine rings is 1. The van der Waals surface area contributed by atoms with Crippen LogP contribution in [0.2, 0.25) is 0 Å².